The molecule has 3 N–H and O–H groups in total. The number of nitrogens with one attached hydrogen (secondary N) is 1. The predicted molar refractivity (Wildman–Crippen MR) is 101 cm³/mol. The van der Waals surface area contributed by atoms with Crippen molar-refractivity contribution in [2.75, 3.05) is 19.7 Å². The summed E-state index contributed by atoms with van der Waals surface area (Å²) in [6.45, 7) is 3.24. The summed E-state index contributed by atoms with van der Waals surface area (Å²) in [4.78, 5) is 9.26. The van der Waals surface area contributed by atoms with Crippen LogP contribution >= 0.6 is 0 Å². The number of benzene rings is 1. The second kappa shape index (κ2) is 8.24. The molecule has 1 aliphatic rings. The number of hydrogen-bond donors (Lipinski definition) is 2. The van der Waals surface area contributed by atoms with E-state index in [4.69, 9.17) is 10.5 Å². The van der Waals surface area contributed by atoms with Crippen LogP contribution in [0.4, 0.5) is 0 Å². The Balaban J connectivity index is 1.61. The number of nitrogens with two attached hydrogens (primary N) is 1. The summed E-state index contributed by atoms with van der Waals surface area (Å²) in [5, 5.41) is 11.3. The molecule has 0 radical (unpaired) electrons. The first-order valence-electron chi connectivity index (χ1n) is 9.20. The summed E-state index contributed by atoms with van der Waals surface area (Å²) < 4.78 is 7.54. The maximum atomic E-state index is 5.93. The highest BCUT2D eigenvalue weighted by molar-refractivity contribution is 5.67. The minimum atomic E-state index is 0.501. The van der Waals surface area contributed by atoms with Gasteiger partial charge >= 0.3 is 0 Å². The van der Waals surface area contributed by atoms with Crippen LogP contribution in [0.15, 0.2) is 42.9 Å². The van der Waals surface area contributed by atoms with Gasteiger partial charge in [0.2, 0.25) is 5.88 Å². The van der Waals surface area contributed by atoms with Gasteiger partial charge in [0.25, 0.3) is 0 Å². The summed E-state index contributed by atoms with van der Waals surface area (Å²) in [5.74, 6) is 1.64. The maximum absolute atomic E-state index is 5.93. The van der Waals surface area contributed by atoms with Crippen LogP contribution in [0, 0.1) is 5.92 Å². The van der Waals surface area contributed by atoms with Gasteiger partial charge < -0.3 is 15.8 Å². The molecule has 0 atom stereocenters. The second-order valence-electron chi connectivity index (χ2n) is 6.63. The van der Waals surface area contributed by atoms with E-state index in [0.717, 1.165) is 42.8 Å². The van der Waals surface area contributed by atoms with E-state index < -0.39 is 0 Å². The fourth-order valence-corrected chi connectivity index (χ4v) is 3.17. The van der Waals surface area contributed by atoms with E-state index >= 15 is 0 Å². The summed E-state index contributed by atoms with van der Waals surface area (Å²) in [6, 6.07) is 7.96. The molecule has 3 heterocycles. The van der Waals surface area contributed by atoms with E-state index in [1.54, 1.807) is 23.3 Å². The number of hydrogen-bond acceptors (Lipinski definition) is 7. The van der Waals surface area contributed by atoms with Crippen LogP contribution in [0.25, 0.3) is 17.1 Å². The lowest BCUT2D eigenvalue weighted by Gasteiger charge is -2.22. The first-order valence-corrected chi connectivity index (χ1v) is 9.20. The lowest BCUT2D eigenvalue weighted by Crippen LogP contribution is -2.30. The van der Waals surface area contributed by atoms with Crippen molar-refractivity contribution in [3.63, 3.8) is 0 Å². The number of nitrogens with zero attached hydrogens (tertiary/aromatic N) is 5. The van der Waals surface area contributed by atoms with Crippen molar-refractivity contribution in [1.29, 1.82) is 0 Å². The maximum Gasteiger partial charge on any atom is 0.234 e. The summed E-state index contributed by atoms with van der Waals surface area (Å²) in [7, 11) is 0. The number of ether oxygens (including phenoxy) is 1. The Morgan fingerprint density at radius 3 is 2.70 bits per heavy atom. The van der Waals surface area contributed by atoms with Gasteiger partial charge in [-0.25, -0.2) is 9.67 Å². The predicted octanol–water partition coefficient (Wildman–Crippen LogP) is 1.56. The minimum absolute atomic E-state index is 0.501. The van der Waals surface area contributed by atoms with Gasteiger partial charge in [0, 0.05) is 12.1 Å². The van der Waals surface area contributed by atoms with E-state index in [-0.39, 0.29) is 0 Å². The molecule has 0 saturated carbocycles. The summed E-state index contributed by atoms with van der Waals surface area (Å²) in [5.41, 5.74) is 8.42. The van der Waals surface area contributed by atoms with Crippen molar-refractivity contribution in [2.45, 2.75) is 19.4 Å². The van der Waals surface area contributed by atoms with Crippen LogP contribution in [0.2, 0.25) is 0 Å². The molecule has 0 bridgehead atoms. The summed E-state index contributed by atoms with van der Waals surface area (Å²) >= 11 is 0. The molecule has 8 nitrogen and oxygen atoms in total. The van der Waals surface area contributed by atoms with Crippen LogP contribution in [0.3, 0.4) is 0 Å². The molecule has 4 rings (SSSR count). The molecule has 3 aromatic rings. The van der Waals surface area contributed by atoms with Crippen LogP contribution in [0.5, 0.6) is 5.88 Å². The molecular formula is C19H23N7O. The van der Waals surface area contributed by atoms with E-state index in [9.17, 15) is 0 Å². The molecule has 0 unspecified atom stereocenters. The van der Waals surface area contributed by atoms with Gasteiger partial charge in [0.1, 0.15) is 5.69 Å². The number of aromatic nitrogens is 5. The zero-order valence-corrected chi connectivity index (χ0v) is 15.1. The van der Waals surface area contributed by atoms with Crippen LogP contribution in [-0.4, -0.2) is 44.7 Å². The Morgan fingerprint density at radius 1 is 1.19 bits per heavy atom. The van der Waals surface area contributed by atoms with E-state index in [1.807, 2.05) is 24.3 Å². The quantitative estimate of drug-likeness (QED) is 0.683. The monoisotopic (exact) mass is 365 g/mol. The van der Waals surface area contributed by atoms with Gasteiger partial charge in [0.05, 0.1) is 25.2 Å². The lowest BCUT2D eigenvalue weighted by atomic mass is 9.99. The van der Waals surface area contributed by atoms with Gasteiger partial charge in [-0.15, -0.1) is 5.10 Å². The third-order valence-corrected chi connectivity index (χ3v) is 4.76. The number of piperidine rings is 1. The van der Waals surface area contributed by atoms with E-state index in [0.29, 0.717) is 30.8 Å². The molecular weight excluding hydrogens is 342 g/mol. The zero-order chi connectivity index (χ0) is 18.5. The van der Waals surface area contributed by atoms with Crippen molar-refractivity contribution in [3.05, 3.63) is 48.4 Å². The molecule has 27 heavy (non-hydrogen) atoms. The van der Waals surface area contributed by atoms with Crippen molar-refractivity contribution in [2.24, 2.45) is 11.7 Å². The van der Waals surface area contributed by atoms with Crippen LogP contribution in [0.1, 0.15) is 18.4 Å². The average molecular weight is 365 g/mol. The molecule has 0 amide bonds. The zero-order valence-electron chi connectivity index (χ0n) is 15.1. The van der Waals surface area contributed by atoms with Crippen molar-refractivity contribution in [3.8, 4) is 23.0 Å². The van der Waals surface area contributed by atoms with Gasteiger partial charge in [-0.05, 0) is 37.4 Å². The summed E-state index contributed by atoms with van der Waals surface area (Å²) in [6.07, 6.45) is 7.28. The lowest BCUT2D eigenvalue weighted by molar-refractivity contribution is 0.208. The Bertz CT molecular complexity index is 858. The fraction of sp³-hybridized carbons (Fsp3) is 0.368. The smallest absolute Gasteiger partial charge is 0.234 e. The molecule has 1 aromatic carbocycles. The highest BCUT2D eigenvalue weighted by Gasteiger charge is 2.16. The standard InChI is InChI=1S/C19H23N7O/c20-11-14-1-3-16(4-2-14)18-19(26-10-9-23-25-26)24-17(12-22-18)27-13-15-5-7-21-8-6-15/h1-4,9-10,12,15,21H,5-8,11,13,20H2. The van der Waals surface area contributed by atoms with Gasteiger partial charge in [-0.2, -0.15) is 4.98 Å². The Kier molecular flexibility index (Phi) is 5.36. The Labute approximate surface area is 157 Å². The van der Waals surface area contributed by atoms with Crippen LogP contribution in [-0.2, 0) is 6.54 Å². The third kappa shape index (κ3) is 4.12. The van der Waals surface area contributed by atoms with E-state index in [2.05, 4.69) is 25.6 Å². The van der Waals surface area contributed by atoms with Crippen molar-refractivity contribution >= 4 is 0 Å². The molecule has 8 heteroatoms. The van der Waals surface area contributed by atoms with Gasteiger partial charge in [0.15, 0.2) is 5.82 Å². The van der Waals surface area contributed by atoms with Gasteiger partial charge in [-0.3, -0.25) is 0 Å². The van der Waals surface area contributed by atoms with E-state index in [1.165, 1.54) is 0 Å². The van der Waals surface area contributed by atoms with Gasteiger partial charge in [-0.1, -0.05) is 29.5 Å². The SMILES string of the molecule is NCc1ccc(-c2ncc(OCC3CCNCC3)nc2-n2ccnn2)cc1. The average Bonchev–Trinajstić information content (AvgIpc) is 3.28. The molecule has 1 aliphatic heterocycles. The fourth-order valence-electron chi connectivity index (χ4n) is 3.17. The largest absolute Gasteiger partial charge is 0.476 e. The normalized spacial score (nSPS) is 15.0. The third-order valence-electron chi connectivity index (χ3n) is 4.76. The highest BCUT2D eigenvalue weighted by Crippen LogP contribution is 2.25. The van der Waals surface area contributed by atoms with Crippen LogP contribution < -0.4 is 15.8 Å². The molecule has 1 fully saturated rings. The minimum Gasteiger partial charge on any atom is -0.476 e. The highest BCUT2D eigenvalue weighted by atomic mass is 16.5. The first-order chi connectivity index (χ1) is 13.3. The Morgan fingerprint density at radius 2 is 2.00 bits per heavy atom. The Hall–Kier alpha value is -2.84. The molecule has 0 aliphatic carbocycles. The van der Waals surface area contributed by atoms with Crippen molar-refractivity contribution in [1.82, 2.24) is 30.3 Å². The number of rotatable bonds is 6. The van der Waals surface area contributed by atoms with Crippen molar-refractivity contribution < 1.29 is 4.74 Å². The second-order valence-corrected chi connectivity index (χ2v) is 6.63. The first kappa shape index (κ1) is 17.6. The molecule has 0 spiro atoms. The molecule has 2 aromatic heterocycles. The molecule has 140 valence electrons. The molecule has 1 saturated heterocycles. The topological polar surface area (TPSA) is 104 Å².